The van der Waals surface area contributed by atoms with E-state index in [1.165, 1.54) is 6.07 Å². The summed E-state index contributed by atoms with van der Waals surface area (Å²) in [6.45, 7) is 1.77. The van der Waals surface area contributed by atoms with E-state index in [2.05, 4.69) is 21.0 Å². The summed E-state index contributed by atoms with van der Waals surface area (Å²) in [7, 11) is 0. The number of carbonyl (C=O) groups excluding carboxylic acids is 1. The SMILES string of the molecule is Cc1cc(=O)c(C=O)nn1-c1cccc(Br)c1. The second kappa shape index (κ2) is 4.63. The van der Waals surface area contributed by atoms with Gasteiger partial charge in [-0.05, 0) is 25.1 Å². The first-order valence-electron chi connectivity index (χ1n) is 4.94. The van der Waals surface area contributed by atoms with Crippen LogP contribution >= 0.6 is 15.9 Å². The van der Waals surface area contributed by atoms with Crippen LogP contribution < -0.4 is 5.43 Å². The Balaban J connectivity index is 2.67. The molecule has 0 aliphatic rings. The fraction of sp³-hybridized carbons (Fsp3) is 0.0833. The van der Waals surface area contributed by atoms with E-state index in [0.29, 0.717) is 12.0 Å². The van der Waals surface area contributed by atoms with Crippen molar-refractivity contribution >= 4 is 22.2 Å². The molecule has 0 aliphatic carbocycles. The molecule has 0 unspecified atom stereocenters. The molecule has 0 saturated carbocycles. The van der Waals surface area contributed by atoms with Crippen LogP contribution in [0.1, 0.15) is 16.2 Å². The number of aromatic nitrogens is 2. The van der Waals surface area contributed by atoms with Crippen molar-refractivity contribution < 1.29 is 4.79 Å². The zero-order chi connectivity index (χ0) is 12.4. The minimum Gasteiger partial charge on any atom is -0.296 e. The largest absolute Gasteiger partial charge is 0.296 e. The van der Waals surface area contributed by atoms with Crippen LogP contribution in [0.2, 0.25) is 0 Å². The molecule has 0 radical (unpaired) electrons. The number of rotatable bonds is 2. The Morgan fingerprint density at radius 1 is 1.35 bits per heavy atom. The minimum absolute atomic E-state index is 0.0874. The standard InChI is InChI=1S/C12H9BrN2O2/c1-8-5-12(17)11(7-16)14-15(8)10-4-2-3-9(13)6-10/h2-7H,1H3. The molecule has 0 atom stereocenters. The first-order chi connectivity index (χ1) is 8.11. The van der Waals surface area contributed by atoms with Crippen molar-refractivity contribution in [2.24, 2.45) is 0 Å². The first-order valence-corrected chi connectivity index (χ1v) is 5.73. The monoisotopic (exact) mass is 292 g/mol. The summed E-state index contributed by atoms with van der Waals surface area (Å²) in [5.74, 6) is 0. The van der Waals surface area contributed by atoms with Crippen molar-refractivity contribution in [2.45, 2.75) is 6.92 Å². The zero-order valence-corrected chi connectivity index (χ0v) is 10.6. The maximum atomic E-state index is 11.4. The van der Waals surface area contributed by atoms with Crippen molar-refractivity contribution in [3.8, 4) is 5.69 Å². The number of hydrogen-bond donors (Lipinski definition) is 0. The average Bonchev–Trinajstić information content (AvgIpc) is 2.29. The van der Waals surface area contributed by atoms with Gasteiger partial charge in [-0.25, -0.2) is 4.68 Å². The first kappa shape index (κ1) is 11.7. The molecule has 0 aliphatic heterocycles. The predicted octanol–water partition coefficient (Wildman–Crippen LogP) is 2.12. The highest BCUT2D eigenvalue weighted by Crippen LogP contribution is 2.15. The Labute approximate surface area is 106 Å². The van der Waals surface area contributed by atoms with Gasteiger partial charge in [-0.15, -0.1) is 0 Å². The second-order valence-corrected chi connectivity index (χ2v) is 4.46. The van der Waals surface area contributed by atoms with Crippen molar-refractivity contribution in [1.29, 1.82) is 0 Å². The van der Waals surface area contributed by atoms with E-state index in [1.807, 2.05) is 24.3 Å². The predicted molar refractivity (Wildman–Crippen MR) is 67.7 cm³/mol. The molecule has 1 aromatic heterocycles. The van der Waals surface area contributed by atoms with E-state index < -0.39 is 0 Å². The molecule has 0 spiro atoms. The van der Waals surface area contributed by atoms with E-state index in [-0.39, 0.29) is 11.1 Å². The summed E-state index contributed by atoms with van der Waals surface area (Å²) in [6, 6.07) is 8.86. The van der Waals surface area contributed by atoms with Gasteiger partial charge in [0.1, 0.15) is 0 Å². The molecule has 0 bridgehead atoms. The number of halogens is 1. The molecule has 0 fully saturated rings. The fourth-order valence-corrected chi connectivity index (χ4v) is 1.90. The quantitative estimate of drug-likeness (QED) is 0.797. The van der Waals surface area contributed by atoms with Gasteiger partial charge in [-0.3, -0.25) is 9.59 Å². The van der Waals surface area contributed by atoms with Crippen molar-refractivity contribution in [2.75, 3.05) is 0 Å². The highest BCUT2D eigenvalue weighted by molar-refractivity contribution is 9.10. The van der Waals surface area contributed by atoms with Crippen LogP contribution in [-0.4, -0.2) is 16.1 Å². The normalized spacial score (nSPS) is 10.2. The Hall–Kier alpha value is -1.75. The lowest BCUT2D eigenvalue weighted by atomic mass is 10.3. The zero-order valence-electron chi connectivity index (χ0n) is 9.05. The Morgan fingerprint density at radius 3 is 2.76 bits per heavy atom. The van der Waals surface area contributed by atoms with E-state index in [0.717, 1.165) is 10.2 Å². The van der Waals surface area contributed by atoms with Crippen molar-refractivity contribution in [3.63, 3.8) is 0 Å². The number of aryl methyl sites for hydroxylation is 1. The Bertz CT molecular complexity index is 635. The van der Waals surface area contributed by atoms with Gasteiger partial charge >= 0.3 is 0 Å². The van der Waals surface area contributed by atoms with Crippen LogP contribution in [0.5, 0.6) is 0 Å². The molecule has 1 heterocycles. The molecule has 17 heavy (non-hydrogen) atoms. The molecule has 0 amide bonds. The highest BCUT2D eigenvalue weighted by Gasteiger charge is 2.06. The molecular weight excluding hydrogens is 284 g/mol. The van der Waals surface area contributed by atoms with Gasteiger partial charge in [0.05, 0.1) is 5.69 Å². The van der Waals surface area contributed by atoms with Crippen LogP contribution in [0.15, 0.2) is 39.6 Å². The number of benzene rings is 1. The summed E-state index contributed by atoms with van der Waals surface area (Å²) in [6.07, 6.45) is 0.469. The van der Waals surface area contributed by atoms with Crippen molar-refractivity contribution in [3.05, 3.63) is 56.4 Å². The average molecular weight is 293 g/mol. The molecule has 5 heteroatoms. The maximum absolute atomic E-state index is 11.4. The smallest absolute Gasteiger partial charge is 0.211 e. The van der Waals surface area contributed by atoms with Gasteiger partial charge in [0.2, 0.25) is 5.43 Å². The molecule has 2 aromatic rings. The molecule has 0 saturated heterocycles. The topological polar surface area (TPSA) is 52.0 Å². The third-order valence-electron chi connectivity index (χ3n) is 2.30. The number of nitrogens with zero attached hydrogens (tertiary/aromatic N) is 2. The van der Waals surface area contributed by atoms with Crippen LogP contribution in [0.25, 0.3) is 5.69 Å². The summed E-state index contributed by atoms with van der Waals surface area (Å²) in [4.78, 5) is 22.1. The third kappa shape index (κ3) is 2.34. The van der Waals surface area contributed by atoms with Crippen LogP contribution in [0.3, 0.4) is 0 Å². The number of carbonyl (C=O) groups is 1. The molecule has 1 aromatic carbocycles. The number of aldehydes is 1. The number of hydrogen-bond acceptors (Lipinski definition) is 3. The minimum atomic E-state index is -0.358. The van der Waals surface area contributed by atoms with E-state index >= 15 is 0 Å². The fourth-order valence-electron chi connectivity index (χ4n) is 1.51. The van der Waals surface area contributed by atoms with Gasteiger partial charge in [-0.1, -0.05) is 22.0 Å². The van der Waals surface area contributed by atoms with Crippen LogP contribution in [0, 0.1) is 6.92 Å². The molecular formula is C12H9BrN2O2. The summed E-state index contributed by atoms with van der Waals surface area (Å²) in [5, 5.41) is 4.02. The summed E-state index contributed by atoms with van der Waals surface area (Å²) >= 11 is 3.36. The lowest BCUT2D eigenvalue weighted by molar-refractivity contribution is 0.111. The molecule has 86 valence electrons. The second-order valence-electron chi connectivity index (χ2n) is 3.54. The Kier molecular flexibility index (Phi) is 3.19. The van der Waals surface area contributed by atoms with Crippen molar-refractivity contribution in [1.82, 2.24) is 9.78 Å². The van der Waals surface area contributed by atoms with Crippen LogP contribution in [-0.2, 0) is 0 Å². The molecule has 0 N–H and O–H groups in total. The van der Waals surface area contributed by atoms with Gasteiger partial charge in [0.25, 0.3) is 0 Å². The Morgan fingerprint density at radius 2 is 2.12 bits per heavy atom. The summed E-state index contributed by atoms with van der Waals surface area (Å²) in [5.41, 5.74) is 1.03. The highest BCUT2D eigenvalue weighted by atomic mass is 79.9. The third-order valence-corrected chi connectivity index (χ3v) is 2.79. The maximum Gasteiger partial charge on any atom is 0.211 e. The van der Waals surface area contributed by atoms with Gasteiger partial charge in [0.15, 0.2) is 12.0 Å². The van der Waals surface area contributed by atoms with Crippen LogP contribution in [0.4, 0.5) is 0 Å². The molecule has 2 rings (SSSR count). The lowest BCUT2D eigenvalue weighted by Gasteiger charge is -2.09. The van der Waals surface area contributed by atoms with E-state index in [4.69, 9.17) is 0 Å². The summed E-state index contributed by atoms with van der Waals surface area (Å²) < 4.78 is 2.47. The van der Waals surface area contributed by atoms with E-state index in [1.54, 1.807) is 11.6 Å². The lowest BCUT2D eigenvalue weighted by Crippen LogP contribution is -2.18. The van der Waals surface area contributed by atoms with Gasteiger partial charge in [0, 0.05) is 16.2 Å². The van der Waals surface area contributed by atoms with E-state index in [9.17, 15) is 9.59 Å². The molecule has 4 nitrogen and oxygen atoms in total. The van der Waals surface area contributed by atoms with Gasteiger partial charge in [-0.2, -0.15) is 5.10 Å². The van der Waals surface area contributed by atoms with Gasteiger partial charge < -0.3 is 0 Å².